The Hall–Kier alpha value is 1.84. The summed E-state index contributed by atoms with van der Waals surface area (Å²) in [5.41, 5.74) is 6.00. The van der Waals surface area contributed by atoms with Gasteiger partial charge in [0.25, 0.3) is 0 Å². The van der Waals surface area contributed by atoms with Gasteiger partial charge in [-0.15, -0.1) is 0 Å². The van der Waals surface area contributed by atoms with Gasteiger partial charge in [0, 0.05) is 11.8 Å². The molecule has 0 saturated heterocycles. The molecule has 0 saturated carbocycles. The number of nitrogens with zero attached hydrogens (tertiary/aromatic N) is 2. The van der Waals surface area contributed by atoms with E-state index < -0.39 is 0 Å². The van der Waals surface area contributed by atoms with Gasteiger partial charge in [0.2, 0.25) is 0 Å². The summed E-state index contributed by atoms with van der Waals surface area (Å²) < 4.78 is 0. The molecule has 0 amide bonds. The maximum absolute atomic E-state index is 8.65. The molecule has 4 nitrogen and oxygen atoms in total. The third kappa shape index (κ3) is 6.84. The summed E-state index contributed by atoms with van der Waals surface area (Å²) in [6, 6.07) is 0. The van der Waals surface area contributed by atoms with Crippen molar-refractivity contribution in [3.63, 3.8) is 0 Å². The van der Waals surface area contributed by atoms with Crippen molar-refractivity contribution in [2.24, 2.45) is 0 Å². The van der Waals surface area contributed by atoms with Crippen LogP contribution in [0.2, 0.25) is 0 Å². The number of hydrogen-bond acceptors (Lipinski definition) is 4. The van der Waals surface area contributed by atoms with Crippen LogP contribution in [-0.4, -0.2) is 15.1 Å². The van der Waals surface area contributed by atoms with Crippen molar-refractivity contribution in [2.45, 2.75) is 13.5 Å². The zero-order chi connectivity index (χ0) is 7.56. The van der Waals surface area contributed by atoms with Gasteiger partial charge in [0.15, 0.2) is 0 Å². The molecule has 0 bridgehead atoms. The van der Waals surface area contributed by atoms with Crippen LogP contribution < -0.4 is 94.4 Å². The van der Waals surface area contributed by atoms with Crippen molar-refractivity contribution in [1.82, 2.24) is 9.97 Å². The van der Waals surface area contributed by atoms with Gasteiger partial charge in [0.05, 0.1) is 6.61 Å². The van der Waals surface area contributed by atoms with E-state index in [2.05, 4.69) is 9.97 Å². The number of nitrogen functional groups attached to an aromatic ring is 1. The van der Waals surface area contributed by atoms with Gasteiger partial charge in [-0.1, -0.05) is 0 Å². The number of aryl methyl sites for hydroxylation is 1. The predicted octanol–water partition coefficient (Wildman–Crippen LogP) is -8.79. The van der Waals surface area contributed by atoms with Crippen molar-refractivity contribution in [2.75, 3.05) is 5.73 Å². The number of anilines is 1. The third-order valence-electron chi connectivity index (χ3n) is 1.19. The first-order valence-electron chi connectivity index (χ1n) is 2.93. The van der Waals surface area contributed by atoms with Crippen LogP contribution in [0.3, 0.4) is 0 Å². The summed E-state index contributed by atoms with van der Waals surface area (Å²) in [7, 11) is 0. The molecule has 1 aromatic heterocycles. The minimum Gasteiger partial charge on any atom is -1.00 e. The number of aliphatic hydroxyl groups is 1. The van der Waals surface area contributed by atoms with Crippen LogP contribution in [0.5, 0.6) is 0 Å². The van der Waals surface area contributed by atoms with E-state index in [1.807, 2.05) is 0 Å². The minimum absolute atomic E-state index is 0. The van der Waals surface area contributed by atoms with E-state index in [1.54, 1.807) is 6.92 Å². The summed E-state index contributed by atoms with van der Waals surface area (Å²) in [6.07, 6.45) is 1.53. The Morgan fingerprint density at radius 3 is 2.38 bits per heavy atom. The van der Waals surface area contributed by atoms with Gasteiger partial charge in [-0.25, -0.2) is 9.97 Å². The summed E-state index contributed by atoms with van der Waals surface area (Å²) in [4.78, 5) is 7.71. The van der Waals surface area contributed by atoms with Crippen molar-refractivity contribution >= 4 is 5.82 Å². The Kier molecular flexibility index (Phi) is 16.2. The predicted molar refractivity (Wildman–Crippen MR) is 40.4 cm³/mol. The molecule has 0 aliphatic carbocycles. The number of aromatic nitrogens is 2. The molecule has 13 heavy (non-hydrogen) atoms. The number of hydrogen-bond donors (Lipinski definition) is 2. The monoisotopic (exact) mass is 211 g/mol. The fourth-order valence-electron chi connectivity index (χ4n) is 0.634. The van der Waals surface area contributed by atoms with E-state index in [4.69, 9.17) is 10.8 Å². The first-order valence-corrected chi connectivity index (χ1v) is 2.93. The fourth-order valence-corrected chi connectivity index (χ4v) is 0.634. The number of nitrogens with two attached hydrogens (primary N) is 1. The summed E-state index contributed by atoms with van der Waals surface area (Å²) in [5, 5.41) is 8.65. The fraction of sp³-hybridized carbons (Fsp3) is 0.333. The van der Waals surface area contributed by atoms with Gasteiger partial charge < -0.3 is 15.1 Å². The molecule has 7 heteroatoms. The second-order valence-corrected chi connectivity index (χ2v) is 1.99. The quantitative estimate of drug-likeness (QED) is 0.452. The molecular weight excluding hydrogens is 199 g/mol. The maximum Gasteiger partial charge on any atom is 1.00 e. The average Bonchev–Trinajstić information content (AvgIpc) is 1.88. The molecule has 60 valence electrons. The maximum atomic E-state index is 8.65. The molecule has 1 rings (SSSR count). The molecular formula is C6H12N3Na3O. The van der Waals surface area contributed by atoms with Gasteiger partial charge in [-0.2, -0.15) is 0 Å². The molecule has 0 atom stereocenters. The van der Waals surface area contributed by atoms with Crippen LogP contribution in [0.1, 0.15) is 15.7 Å². The van der Waals surface area contributed by atoms with Crippen molar-refractivity contribution in [3.8, 4) is 0 Å². The Morgan fingerprint density at radius 2 is 2.00 bits per heavy atom. The Balaban J connectivity index is -0.0000000417. The molecule has 0 aliphatic heterocycles. The second kappa shape index (κ2) is 10.4. The molecule has 0 aromatic carbocycles. The molecule has 1 heterocycles. The molecule has 0 aliphatic rings. The van der Waals surface area contributed by atoms with Crippen LogP contribution in [-0.2, 0) is 6.61 Å². The van der Waals surface area contributed by atoms with Gasteiger partial charge in [-0.05, 0) is 6.92 Å². The summed E-state index contributed by atoms with van der Waals surface area (Å²) in [6.45, 7) is 1.64. The van der Waals surface area contributed by atoms with E-state index in [0.29, 0.717) is 17.2 Å². The zero-order valence-electron chi connectivity index (χ0n) is 11.7. The summed E-state index contributed by atoms with van der Waals surface area (Å²) >= 11 is 0. The number of rotatable bonds is 1. The smallest absolute Gasteiger partial charge is 1.00 e. The Labute approximate surface area is 148 Å². The topological polar surface area (TPSA) is 72.0 Å². The SMILES string of the molecule is Cc1ncc(CO)c(N)n1.[H-].[H-].[H-].[Na+].[Na+].[Na+]. The first kappa shape index (κ1) is 20.3. The average molecular weight is 211 g/mol. The Bertz CT molecular complexity index is 258. The van der Waals surface area contributed by atoms with Crippen LogP contribution in [0, 0.1) is 6.92 Å². The van der Waals surface area contributed by atoms with Crippen LogP contribution in [0.4, 0.5) is 5.82 Å². The first-order chi connectivity index (χ1) is 4.74. The van der Waals surface area contributed by atoms with E-state index >= 15 is 0 Å². The molecule has 0 fully saturated rings. The summed E-state index contributed by atoms with van der Waals surface area (Å²) in [5.74, 6) is 0.977. The van der Waals surface area contributed by atoms with Gasteiger partial charge in [-0.3, -0.25) is 0 Å². The van der Waals surface area contributed by atoms with Crippen molar-refractivity contribution in [3.05, 3.63) is 17.6 Å². The van der Waals surface area contributed by atoms with Crippen LogP contribution in [0.25, 0.3) is 0 Å². The zero-order valence-corrected chi connectivity index (χ0v) is 14.7. The van der Waals surface area contributed by atoms with Gasteiger partial charge in [0.1, 0.15) is 11.6 Å². The molecule has 3 N–H and O–H groups in total. The normalized spacial score (nSPS) is 7.54. The number of aliphatic hydroxyl groups excluding tert-OH is 1. The Morgan fingerprint density at radius 1 is 1.46 bits per heavy atom. The third-order valence-corrected chi connectivity index (χ3v) is 1.19. The van der Waals surface area contributed by atoms with Crippen molar-refractivity contribution < 1.29 is 98.1 Å². The second-order valence-electron chi connectivity index (χ2n) is 1.99. The molecule has 0 spiro atoms. The van der Waals surface area contributed by atoms with E-state index in [1.165, 1.54) is 6.20 Å². The van der Waals surface area contributed by atoms with Crippen LogP contribution >= 0.6 is 0 Å². The van der Waals surface area contributed by atoms with E-state index in [0.717, 1.165) is 0 Å². The minimum atomic E-state index is -0.105. The van der Waals surface area contributed by atoms with Crippen LogP contribution in [0.15, 0.2) is 6.20 Å². The van der Waals surface area contributed by atoms with E-state index in [-0.39, 0.29) is 99.6 Å². The molecule has 0 unspecified atom stereocenters. The standard InChI is InChI=1S/C6H9N3O.3Na.3H/c1-4-8-2-5(3-10)6(7)9-4;;;;;;/h2,10H,3H2,1H3,(H2,7,8,9);;;;;;/q;3*+1;3*-1. The van der Waals surface area contributed by atoms with Crippen molar-refractivity contribution in [1.29, 1.82) is 0 Å². The largest absolute Gasteiger partial charge is 1.00 e. The van der Waals surface area contributed by atoms with E-state index in [9.17, 15) is 0 Å². The molecule has 1 aromatic rings. The van der Waals surface area contributed by atoms with Gasteiger partial charge >= 0.3 is 88.7 Å². The molecule has 0 radical (unpaired) electrons.